The number of para-hydroxylation sites is 1. The van der Waals surface area contributed by atoms with Crippen LogP contribution in [0.1, 0.15) is 38.3 Å². The first-order valence-corrected chi connectivity index (χ1v) is 10.8. The number of rotatable bonds is 8. The van der Waals surface area contributed by atoms with Crippen molar-refractivity contribution in [1.82, 2.24) is 18.7 Å². The topological polar surface area (TPSA) is 78.9 Å². The van der Waals surface area contributed by atoms with Gasteiger partial charge in [-0.25, -0.2) is 9.78 Å². The van der Waals surface area contributed by atoms with Crippen molar-refractivity contribution in [2.75, 3.05) is 0 Å². The summed E-state index contributed by atoms with van der Waals surface area (Å²) < 4.78 is 4.26. The van der Waals surface area contributed by atoms with Gasteiger partial charge in [-0.3, -0.25) is 23.3 Å². The first-order valence-electron chi connectivity index (χ1n) is 9.82. The molecule has 0 atom stereocenters. The SMILES string of the molecule is CCCCCCn1c(SCc2cc(=O)n(C)c(=O)n2C)nc2ccccc2c1=O. The quantitative estimate of drug-likeness (QED) is 0.322. The largest absolute Gasteiger partial charge is 0.330 e. The number of unbranched alkanes of at least 4 members (excludes halogenated alkanes) is 3. The Bertz CT molecular complexity index is 1190. The second-order valence-corrected chi connectivity index (χ2v) is 8.03. The highest BCUT2D eigenvalue weighted by atomic mass is 32.2. The molecule has 29 heavy (non-hydrogen) atoms. The van der Waals surface area contributed by atoms with E-state index in [0.29, 0.717) is 34.1 Å². The molecule has 0 aliphatic heterocycles. The van der Waals surface area contributed by atoms with Crippen molar-refractivity contribution in [3.05, 3.63) is 67.2 Å². The van der Waals surface area contributed by atoms with E-state index in [-0.39, 0.29) is 16.8 Å². The van der Waals surface area contributed by atoms with E-state index in [4.69, 9.17) is 4.98 Å². The molecule has 0 spiro atoms. The van der Waals surface area contributed by atoms with Gasteiger partial charge in [-0.15, -0.1) is 0 Å². The summed E-state index contributed by atoms with van der Waals surface area (Å²) in [6.07, 6.45) is 4.23. The van der Waals surface area contributed by atoms with Crippen LogP contribution in [0.5, 0.6) is 0 Å². The number of aromatic nitrogens is 4. The van der Waals surface area contributed by atoms with Gasteiger partial charge in [-0.2, -0.15) is 0 Å². The standard InChI is InChI=1S/C21H26N4O3S/c1-4-5-6-9-12-25-19(27)16-10-7-8-11-17(16)22-20(25)29-14-15-13-18(26)24(3)21(28)23(15)2/h7-8,10-11,13H,4-6,9,12,14H2,1-3H3. The fraction of sp³-hybridized carbons (Fsp3) is 0.429. The Morgan fingerprint density at radius 3 is 2.52 bits per heavy atom. The molecule has 3 aromatic rings. The van der Waals surface area contributed by atoms with Gasteiger partial charge in [0.05, 0.1) is 10.9 Å². The Labute approximate surface area is 173 Å². The summed E-state index contributed by atoms with van der Waals surface area (Å²) in [4.78, 5) is 41.9. The van der Waals surface area contributed by atoms with E-state index in [1.807, 2.05) is 18.2 Å². The molecule has 0 fully saturated rings. The van der Waals surface area contributed by atoms with Crippen LogP contribution in [0.15, 0.2) is 49.9 Å². The molecule has 0 saturated carbocycles. The van der Waals surface area contributed by atoms with Crippen LogP contribution in [0, 0.1) is 0 Å². The van der Waals surface area contributed by atoms with Crippen LogP contribution in [0.2, 0.25) is 0 Å². The molecule has 154 valence electrons. The van der Waals surface area contributed by atoms with Crippen LogP contribution >= 0.6 is 11.8 Å². The summed E-state index contributed by atoms with van der Waals surface area (Å²) in [6, 6.07) is 8.79. The van der Waals surface area contributed by atoms with E-state index in [0.717, 1.165) is 30.3 Å². The minimum absolute atomic E-state index is 0.0486. The van der Waals surface area contributed by atoms with Crippen molar-refractivity contribution in [2.24, 2.45) is 14.1 Å². The Balaban J connectivity index is 1.96. The third-order valence-corrected chi connectivity index (χ3v) is 6.05. The van der Waals surface area contributed by atoms with Gasteiger partial charge in [0.1, 0.15) is 0 Å². The van der Waals surface area contributed by atoms with E-state index in [2.05, 4.69) is 6.92 Å². The molecule has 0 bridgehead atoms. The maximum atomic E-state index is 13.0. The summed E-state index contributed by atoms with van der Waals surface area (Å²) in [5.41, 5.74) is 0.502. The molecular weight excluding hydrogens is 388 g/mol. The van der Waals surface area contributed by atoms with Crippen molar-refractivity contribution < 1.29 is 0 Å². The summed E-state index contributed by atoms with van der Waals surface area (Å²) in [5, 5.41) is 1.21. The molecule has 0 N–H and O–H groups in total. The van der Waals surface area contributed by atoms with Crippen molar-refractivity contribution in [2.45, 2.75) is 50.1 Å². The number of hydrogen-bond acceptors (Lipinski definition) is 5. The zero-order valence-corrected chi connectivity index (χ0v) is 17.9. The lowest BCUT2D eigenvalue weighted by Gasteiger charge is -2.14. The summed E-state index contributed by atoms with van der Waals surface area (Å²) in [6.45, 7) is 2.76. The molecule has 3 rings (SSSR count). The van der Waals surface area contributed by atoms with Gasteiger partial charge >= 0.3 is 5.69 Å². The predicted molar refractivity (Wildman–Crippen MR) is 117 cm³/mol. The molecule has 8 heteroatoms. The monoisotopic (exact) mass is 414 g/mol. The van der Waals surface area contributed by atoms with Crippen LogP contribution in [0.25, 0.3) is 10.9 Å². The summed E-state index contributed by atoms with van der Waals surface area (Å²) in [5.74, 6) is 0.377. The van der Waals surface area contributed by atoms with Crippen LogP contribution in [-0.2, 0) is 26.4 Å². The normalized spacial score (nSPS) is 11.3. The van der Waals surface area contributed by atoms with E-state index in [9.17, 15) is 14.4 Å². The highest BCUT2D eigenvalue weighted by Gasteiger charge is 2.13. The van der Waals surface area contributed by atoms with Gasteiger partial charge in [0.25, 0.3) is 11.1 Å². The number of hydrogen-bond donors (Lipinski definition) is 0. The number of benzene rings is 1. The smallest absolute Gasteiger partial charge is 0.300 e. The van der Waals surface area contributed by atoms with Crippen molar-refractivity contribution in [3.63, 3.8) is 0 Å². The lowest BCUT2D eigenvalue weighted by atomic mass is 10.2. The third-order valence-electron chi connectivity index (χ3n) is 5.04. The predicted octanol–water partition coefficient (Wildman–Crippen LogP) is 2.67. The first kappa shape index (κ1) is 21.1. The van der Waals surface area contributed by atoms with Crippen LogP contribution in [0.3, 0.4) is 0 Å². The second-order valence-electron chi connectivity index (χ2n) is 7.09. The summed E-state index contributed by atoms with van der Waals surface area (Å²) in [7, 11) is 3.10. The lowest BCUT2D eigenvalue weighted by Crippen LogP contribution is -2.37. The minimum atomic E-state index is -0.364. The second kappa shape index (κ2) is 9.26. The molecule has 0 aliphatic carbocycles. The van der Waals surface area contributed by atoms with E-state index < -0.39 is 0 Å². The minimum Gasteiger partial charge on any atom is -0.300 e. The molecule has 1 aromatic carbocycles. The van der Waals surface area contributed by atoms with E-state index >= 15 is 0 Å². The van der Waals surface area contributed by atoms with E-state index in [1.165, 1.54) is 29.4 Å². The van der Waals surface area contributed by atoms with Gasteiger partial charge in [-0.05, 0) is 18.6 Å². The van der Waals surface area contributed by atoms with Crippen LogP contribution < -0.4 is 16.8 Å². The fourth-order valence-electron chi connectivity index (χ4n) is 3.21. The summed E-state index contributed by atoms with van der Waals surface area (Å²) >= 11 is 1.37. The van der Waals surface area contributed by atoms with Crippen molar-refractivity contribution in [1.29, 1.82) is 0 Å². The van der Waals surface area contributed by atoms with Crippen molar-refractivity contribution in [3.8, 4) is 0 Å². The molecule has 0 saturated heterocycles. The van der Waals surface area contributed by atoms with Gasteiger partial charge in [-0.1, -0.05) is 50.1 Å². The van der Waals surface area contributed by atoms with Gasteiger partial charge in [0.2, 0.25) is 0 Å². The number of nitrogens with zero attached hydrogens (tertiary/aromatic N) is 4. The Morgan fingerprint density at radius 2 is 1.76 bits per heavy atom. The van der Waals surface area contributed by atoms with Gasteiger partial charge in [0, 0.05) is 38.2 Å². The highest BCUT2D eigenvalue weighted by molar-refractivity contribution is 7.98. The van der Waals surface area contributed by atoms with Gasteiger partial charge < -0.3 is 0 Å². The molecule has 0 radical (unpaired) electrons. The molecule has 2 aromatic heterocycles. The molecule has 0 amide bonds. The van der Waals surface area contributed by atoms with Gasteiger partial charge in [0.15, 0.2) is 5.16 Å². The molecular formula is C21H26N4O3S. The molecule has 2 heterocycles. The van der Waals surface area contributed by atoms with Crippen molar-refractivity contribution >= 4 is 22.7 Å². The Hall–Kier alpha value is -2.61. The zero-order chi connectivity index (χ0) is 21.0. The molecule has 0 aliphatic rings. The average Bonchev–Trinajstić information content (AvgIpc) is 2.73. The highest BCUT2D eigenvalue weighted by Crippen LogP contribution is 2.22. The Morgan fingerprint density at radius 1 is 1.00 bits per heavy atom. The first-order chi connectivity index (χ1) is 13.9. The lowest BCUT2D eigenvalue weighted by molar-refractivity contribution is 0.531. The van der Waals surface area contributed by atoms with Crippen LogP contribution in [0.4, 0.5) is 0 Å². The molecule has 7 nitrogen and oxygen atoms in total. The number of fused-ring (bicyclic) bond motifs is 1. The van der Waals surface area contributed by atoms with Crippen LogP contribution in [-0.4, -0.2) is 18.7 Å². The maximum Gasteiger partial charge on any atom is 0.330 e. The average molecular weight is 415 g/mol. The maximum absolute atomic E-state index is 13.0. The molecule has 0 unspecified atom stereocenters. The number of thioether (sulfide) groups is 1. The van der Waals surface area contributed by atoms with E-state index in [1.54, 1.807) is 17.7 Å². The Kier molecular flexibility index (Phi) is 6.74. The zero-order valence-electron chi connectivity index (χ0n) is 17.1. The third kappa shape index (κ3) is 4.53. The fourth-order valence-corrected chi connectivity index (χ4v) is 4.25.